The largest absolute Gasteiger partial charge is 0.379 e. The molecule has 1 aliphatic carbocycles. The van der Waals surface area contributed by atoms with Crippen molar-refractivity contribution >= 4 is 33.0 Å². The fraction of sp³-hybridized carbons (Fsp3) is 0.611. The smallest absolute Gasteiger partial charge is 0.243 e. The molecule has 1 aliphatic heterocycles. The van der Waals surface area contributed by atoms with Gasteiger partial charge in [-0.1, -0.05) is 19.3 Å². The maximum Gasteiger partial charge on any atom is 0.243 e. The molecule has 1 aromatic carbocycles. The van der Waals surface area contributed by atoms with Gasteiger partial charge in [0.05, 0.1) is 18.1 Å². The lowest BCUT2D eigenvalue weighted by atomic mass is 9.89. The van der Waals surface area contributed by atoms with E-state index >= 15 is 0 Å². The molecule has 1 saturated carbocycles. The van der Waals surface area contributed by atoms with E-state index in [9.17, 15) is 8.42 Å². The first-order valence-corrected chi connectivity index (χ1v) is 11.1. The highest BCUT2D eigenvalue weighted by Crippen LogP contribution is 2.23. The maximum atomic E-state index is 12.6. The zero-order valence-electron chi connectivity index (χ0n) is 14.9. The van der Waals surface area contributed by atoms with E-state index in [2.05, 4.69) is 10.6 Å². The lowest BCUT2D eigenvalue weighted by Crippen LogP contribution is -2.40. The quantitative estimate of drug-likeness (QED) is 0.744. The molecule has 1 saturated heterocycles. The molecule has 26 heavy (non-hydrogen) atoms. The van der Waals surface area contributed by atoms with Crippen LogP contribution in [0.25, 0.3) is 0 Å². The number of benzene rings is 1. The zero-order chi connectivity index (χ0) is 18.4. The van der Waals surface area contributed by atoms with Crippen LogP contribution in [0.15, 0.2) is 29.2 Å². The second-order valence-corrected chi connectivity index (χ2v) is 9.23. The van der Waals surface area contributed by atoms with Crippen molar-refractivity contribution < 1.29 is 13.2 Å². The van der Waals surface area contributed by atoms with Crippen LogP contribution in [0.3, 0.4) is 0 Å². The molecule has 1 heterocycles. The monoisotopic (exact) mass is 397 g/mol. The van der Waals surface area contributed by atoms with E-state index in [1.54, 1.807) is 24.3 Å². The third-order valence-electron chi connectivity index (χ3n) is 5.00. The third-order valence-corrected chi connectivity index (χ3v) is 7.16. The van der Waals surface area contributed by atoms with Crippen LogP contribution >= 0.6 is 12.2 Å². The predicted octanol–water partition coefficient (Wildman–Crippen LogP) is 2.57. The van der Waals surface area contributed by atoms with E-state index in [4.69, 9.17) is 17.0 Å². The fourth-order valence-electron chi connectivity index (χ4n) is 3.45. The number of ether oxygens (including phenoxy) is 1. The van der Waals surface area contributed by atoms with Gasteiger partial charge in [-0.15, -0.1) is 0 Å². The molecule has 2 aliphatic rings. The molecule has 3 rings (SSSR count). The third kappa shape index (κ3) is 5.16. The molecule has 6 nitrogen and oxygen atoms in total. The summed E-state index contributed by atoms with van der Waals surface area (Å²) in [6.07, 6.45) is 6.50. The molecule has 2 N–H and O–H groups in total. The maximum absolute atomic E-state index is 12.6. The number of nitrogens with one attached hydrogen (secondary N) is 2. The average Bonchev–Trinajstić information content (AvgIpc) is 2.68. The minimum Gasteiger partial charge on any atom is -0.379 e. The Morgan fingerprint density at radius 3 is 2.42 bits per heavy atom. The van der Waals surface area contributed by atoms with Gasteiger partial charge < -0.3 is 15.4 Å². The Labute approximate surface area is 161 Å². The van der Waals surface area contributed by atoms with Crippen LogP contribution in [0.1, 0.15) is 32.1 Å². The molecule has 144 valence electrons. The van der Waals surface area contributed by atoms with Crippen molar-refractivity contribution in [3.63, 3.8) is 0 Å². The van der Waals surface area contributed by atoms with Crippen LogP contribution in [0.2, 0.25) is 0 Å². The predicted molar refractivity (Wildman–Crippen MR) is 107 cm³/mol. The zero-order valence-corrected chi connectivity index (χ0v) is 16.6. The van der Waals surface area contributed by atoms with E-state index in [0.717, 1.165) is 12.2 Å². The van der Waals surface area contributed by atoms with Gasteiger partial charge >= 0.3 is 0 Å². The number of hydrogen-bond donors (Lipinski definition) is 2. The minimum atomic E-state index is -3.45. The van der Waals surface area contributed by atoms with Gasteiger partial charge in [-0.3, -0.25) is 0 Å². The van der Waals surface area contributed by atoms with Crippen LogP contribution in [0.5, 0.6) is 0 Å². The molecule has 0 radical (unpaired) electrons. The van der Waals surface area contributed by atoms with Crippen molar-refractivity contribution in [2.24, 2.45) is 5.92 Å². The Morgan fingerprint density at radius 2 is 1.77 bits per heavy atom. The number of anilines is 1. The van der Waals surface area contributed by atoms with Crippen molar-refractivity contribution in [1.29, 1.82) is 0 Å². The molecule has 8 heteroatoms. The van der Waals surface area contributed by atoms with Gasteiger partial charge in [0.25, 0.3) is 0 Å². The first kappa shape index (κ1) is 19.5. The lowest BCUT2D eigenvalue weighted by Gasteiger charge is -2.26. The summed E-state index contributed by atoms with van der Waals surface area (Å²) in [6, 6.07) is 6.75. The summed E-state index contributed by atoms with van der Waals surface area (Å²) in [5.41, 5.74) is 0.784. The number of rotatable bonds is 5. The summed E-state index contributed by atoms with van der Waals surface area (Å²) in [7, 11) is -3.45. The highest BCUT2D eigenvalue weighted by molar-refractivity contribution is 7.89. The molecule has 0 amide bonds. The van der Waals surface area contributed by atoms with E-state index in [0.29, 0.717) is 42.2 Å². The second-order valence-electron chi connectivity index (χ2n) is 6.88. The summed E-state index contributed by atoms with van der Waals surface area (Å²) in [5.74, 6) is 0.699. The summed E-state index contributed by atoms with van der Waals surface area (Å²) >= 11 is 5.35. The molecule has 2 fully saturated rings. The van der Waals surface area contributed by atoms with Gasteiger partial charge in [0.15, 0.2) is 5.11 Å². The van der Waals surface area contributed by atoms with Crippen molar-refractivity contribution in [3.05, 3.63) is 24.3 Å². The Hall–Kier alpha value is -1.22. The minimum absolute atomic E-state index is 0.297. The van der Waals surface area contributed by atoms with Crippen LogP contribution in [-0.2, 0) is 14.8 Å². The molecule has 0 spiro atoms. The Bertz CT molecular complexity index is 695. The van der Waals surface area contributed by atoms with Crippen molar-refractivity contribution in [3.8, 4) is 0 Å². The van der Waals surface area contributed by atoms with E-state index < -0.39 is 10.0 Å². The molecule has 1 aromatic rings. The number of thiocarbonyl (C=S) groups is 1. The lowest BCUT2D eigenvalue weighted by molar-refractivity contribution is 0.0730. The Balaban J connectivity index is 1.52. The first-order valence-electron chi connectivity index (χ1n) is 9.28. The van der Waals surface area contributed by atoms with E-state index in [1.807, 2.05) is 0 Å². The van der Waals surface area contributed by atoms with Gasteiger partial charge in [0.1, 0.15) is 0 Å². The van der Waals surface area contributed by atoms with Gasteiger partial charge in [-0.2, -0.15) is 4.31 Å². The van der Waals surface area contributed by atoms with Crippen molar-refractivity contribution in [2.75, 3.05) is 38.2 Å². The van der Waals surface area contributed by atoms with Gasteiger partial charge in [0.2, 0.25) is 10.0 Å². The standard InChI is InChI=1S/C18H27N3O3S2/c22-26(23,21-10-12-24-13-11-21)17-8-6-16(7-9-17)20-18(25)19-14-15-4-2-1-3-5-15/h6-9,15H,1-5,10-14H2,(H2,19,20,25). The highest BCUT2D eigenvalue weighted by atomic mass is 32.2. The van der Waals surface area contributed by atoms with Crippen LogP contribution in [-0.4, -0.2) is 50.7 Å². The molecule has 0 bridgehead atoms. The van der Waals surface area contributed by atoms with Gasteiger partial charge in [-0.25, -0.2) is 8.42 Å². The molecular weight excluding hydrogens is 370 g/mol. The Kier molecular flexibility index (Phi) is 6.86. The number of hydrogen-bond acceptors (Lipinski definition) is 4. The summed E-state index contributed by atoms with van der Waals surface area (Å²) < 4.78 is 31.9. The first-order chi connectivity index (χ1) is 12.6. The van der Waals surface area contributed by atoms with Crippen molar-refractivity contribution in [2.45, 2.75) is 37.0 Å². The topological polar surface area (TPSA) is 70.7 Å². The van der Waals surface area contributed by atoms with Gasteiger partial charge in [-0.05, 0) is 55.2 Å². The van der Waals surface area contributed by atoms with Crippen LogP contribution in [0.4, 0.5) is 5.69 Å². The van der Waals surface area contributed by atoms with E-state index in [-0.39, 0.29) is 0 Å². The Morgan fingerprint density at radius 1 is 1.12 bits per heavy atom. The molecule has 0 aromatic heterocycles. The average molecular weight is 398 g/mol. The second kappa shape index (κ2) is 9.12. The summed E-state index contributed by atoms with van der Waals surface area (Å²) in [6.45, 7) is 2.59. The number of sulfonamides is 1. The summed E-state index contributed by atoms with van der Waals surface area (Å²) in [4.78, 5) is 0.297. The summed E-state index contributed by atoms with van der Waals surface area (Å²) in [5, 5.41) is 6.99. The van der Waals surface area contributed by atoms with Crippen molar-refractivity contribution in [1.82, 2.24) is 9.62 Å². The SMILES string of the molecule is O=S(=O)(c1ccc(NC(=S)NCC2CCCCC2)cc1)N1CCOCC1. The number of morpholine rings is 1. The van der Waals surface area contributed by atoms with Crippen LogP contribution in [0, 0.1) is 5.92 Å². The fourth-order valence-corrected chi connectivity index (χ4v) is 5.06. The van der Waals surface area contributed by atoms with Crippen LogP contribution < -0.4 is 10.6 Å². The number of nitrogens with zero attached hydrogens (tertiary/aromatic N) is 1. The van der Waals surface area contributed by atoms with E-state index in [1.165, 1.54) is 36.4 Å². The highest BCUT2D eigenvalue weighted by Gasteiger charge is 2.26. The molecule has 0 atom stereocenters. The normalized spacial score (nSPS) is 19.8. The molecular formula is C18H27N3O3S2. The molecule has 0 unspecified atom stereocenters. The van der Waals surface area contributed by atoms with Gasteiger partial charge in [0, 0.05) is 25.3 Å².